The minimum Gasteiger partial charge on any atom is -0.369 e. The topological polar surface area (TPSA) is 95.6 Å². The number of thiazole rings is 1. The third-order valence-corrected chi connectivity index (χ3v) is 5.31. The summed E-state index contributed by atoms with van der Waals surface area (Å²) in [6.45, 7) is 5.09. The summed E-state index contributed by atoms with van der Waals surface area (Å²) in [6.07, 6.45) is 5.89. The Balaban J connectivity index is 0.00000312. The summed E-state index contributed by atoms with van der Waals surface area (Å²) in [4.78, 5) is 23.1. The molecule has 0 saturated carbocycles. The molecule has 1 aromatic rings. The number of piperidine rings is 1. The van der Waals surface area contributed by atoms with Gasteiger partial charge in [0, 0.05) is 50.2 Å². The third kappa shape index (κ3) is 7.87. The molecule has 9 heteroatoms. The highest BCUT2D eigenvalue weighted by Gasteiger charge is 2.20. The van der Waals surface area contributed by atoms with Crippen molar-refractivity contribution in [3.63, 3.8) is 0 Å². The summed E-state index contributed by atoms with van der Waals surface area (Å²) in [5.41, 5.74) is 5.24. The Morgan fingerprint density at radius 3 is 2.76 bits per heavy atom. The van der Waals surface area contributed by atoms with E-state index < -0.39 is 0 Å². The van der Waals surface area contributed by atoms with Crippen LogP contribution in [0.1, 0.15) is 29.7 Å². The van der Waals surface area contributed by atoms with Crippen molar-refractivity contribution in [3.05, 3.63) is 16.1 Å². The Morgan fingerprint density at radius 2 is 2.20 bits per heavy atom. The molecule has 2 rings (SSSR count). The first kappa shape index (κ1) is 22.1. The smallest absolute Gasteiger partial charge is 0.231 e. The number of carbonyl (C=O) groups is 1. The molecule has 1 aliphatic rings. The lowest BCUT2D eigenvalue weighted by Crippen LogP contribution is -2.50. The van der Waals surface area contributed by atoms with Gasteiger partial charge in [-0.2, -0.15) is 0 Å². The van der Waals surface area contributed by atoms with Crippen molar-refractivity contribution in [2.45, 2.75) is 38.6 Å². The van der Waals surface area contributed by atoms with Crippen LogP contribution < -0.4 is 16.4 Å². The van der Waals surface area contributed by atoms with Crippen molar-refractivity contribution >= 4 is 47.2 Å². The number of nitrogens with zero attached hydrogens (tertiary/aromatic N) is 3. The first-order chi connectivity index (χ1) is 11.6. The number of nitrogens with one attached hydrogen (secondary N) is 2. The number of aryl methyl sites for hydroxylation is 1. The Morgan fingerprint density at radius 1 is 1.48 bits per heavy atom. The lowest BCUT2D eigenvalue weighted by molar-refractivity contribution is -0.119. The standard InChI is InChI=1S/C16H28N6OS.HI/c1-3-13-10-20-15(24-13)4-7-19-16(18-2)21-12-5-8-22(9-6-12)11-14(17)23;/h10,12H,3-9,11H2,1-2H3,(H2,17,23)(H2,18,19,21);1H. The highest BCUT2D eigenvalue weighted by molar-refractivity contribution is 14.0. The quantitative estimate of drug-likeness (QED) is 0.307. The number of nitrogens with two attached hydrogens (primary N) is 1. The summed E-state index contributed by atoms with van der Waals surface area (Å²) in [5, 5.41) is 7.98. The molecule has 4 N–H and O–H groups in total. The van der Waals surface area contributed by atoms with Gasteiger partial charge in [-0.1, -0.05) is 6.92 Å². The average Bonchev–Trinajstić information content (AvgIpc) is 3.03. The number of aromatic nitrogens is 1. The molecule has 1 fully saturated rings. The van der Waals surface area contributed by atoms with Crippen molar-refractivity contribution in [1.82, 2.24) is 20.5 Å². The number of halogens is 1. The third-order valence-electron chi connectivity index (χ3n) is 4.11. The molecule has 0 radical (unpaired) electrons. The number of rotatable bonds is 7. The molecule has 1 aliphatic heterocycles. The fourth-order valence-electron chi connectivity index (χ4n) is 2.76. The van der Waals surface area contributed by atoms with Gasteiger partial charge in [0.2, 0.25) is 5.91 Å². The number of aliphatic imine (C=N–C) groups is 1. The van der Waals surface area contributed by atoms with Crippen molar-refractivity contribution in [2.24, 2.45) is 10.7 Å². The monoisotopic (exact) mass is 480 g/mol. The van der Waals surface area contributed by atoms with Crippen molar-refractivity contribution < 1.29 is 4.79 Å². The van der Waals surface area contributed by atoms with E-state index in [0.717, 1.165) is 56.3 Å². The number of guanidine groups is 1. The van der Waals surface area contributed by atoms with E-state index in [1.165, 1.54) is 4.88 Å². The summed E-state index contributed by atoms with van der Waals surface area (Å²) in [6, 6.07) is 0.381. The molecule has 0 spiro atoms. The highest BCUT2D eigenvalue weighted by atomic mass is 127. The highest BCUT2D eigenvalue weighted by Crippen LogP contribution is 2.13. The van der Waals surface area contributed by atoms with Gasteiger partial charge in [0.25, 0.3) is 0 Å². The summed E-state index contributed by atoms with van der Waals surface area (Å²) < 4.78 is 0. The molecule has 0 unspecified atom stereocenters. The first-order valence-electron chi connectivity index (χ1n) is 8.52. The van der Waals surface area contributed by atoms with Crippen LogP contribution in [0.5, 0.6) is 0 Å². The maximum atomic E-state index is 11.0. The molecule has 1 amide bonds. The van der Waals surface area contributed by atoms with Gasteiger partial charge < -0.3 is 16.4 Å². The normalized spacial score (nSPS) is 16.3. The zero-order valence-corrected chi connectivity index (χ0v) is 18.1. The molecule has 2 heterocycles. The number of carbonyl (C=O) groups excluding carboxylic acids is 1. The fraction of sp³-hybridized carbons (Fsp3) is 0.688. The van der Waals surface area contributed by atoms with Crippen LogP contribution in [0.4, 0.5) is 0 Å². The van der Waals surface area contributed by atoms with Crippen LogP contribution in [0.2, 0.25) is 0 Å². The molecule has 7 nitrogen and oxygen atoms in total. The van der Waals surface area contributed by atoms with E-state index in [1.54, 1.807) is 18.4 Å². The molecule has 0 bridgehead atoms. The fourth-order valence-corrected chi connectivity index (χ4v) is 3.62. The largest absolute Gasteiger partial charge is 0.369 e. The van der Waals surface area contributed by atoms with Crippen molar-refractivity contribution in [1.29, 1.82) is 0 Å². The van der Waals surface area contributed by atoms with Gasteiger partial charge in [-0.15, -0.1) is 35.3 Å². The SMILES string of the molecule is CCc1cnc(CCNC(=NC)NC2CCN(CC(N)=O)CC2)s1.I. The molecule has 142 valence electrons. The summed E-state index contributed by atoms with van der Waals surface area (Å²) in [5.74, 6) is 0.572. The second kappa shape index (κ2) is 11.6. The van der Waals surface area contributed by atoms with Gasteiger partial charge in [0.1, 0.15) is 0 Å². The lowest BCUT2D eigenvalue weighted by atomic mass is 10.1. The van der Waals surface area contributed by atoms with E-state index in [2.05, 4.69) is 32.4 Å². The Kier molecular flexibility index (Phi) is 10.3. The average molecular weight is 480 g/mol. The molecule has 0 aliphatic carbocycles. The van der Waals surface area contributed by atoms with E-state index in [1.807, 2.05) is 6.20 Å². The molecular weight excluding hydrogens is 451 g/mol. The summed E-state index contributed by atoms with van der Waals surface area (Å²) in [7, 11) is 1.79. The van der Waals surface area contributed by atoms with Crippen LogP contribution in [-0.2, 0) is 17.6 Å². The number of amides is 1. The number of primary amides is 1. The first-order valence-corrected chi connectivity index (χ1v) is 9.33. The van der Waals surface area contributed by atoms with Crippen molar-refractivity contribution in [2.75, 3.05) is 33.2 Å². The molecule has 25 heavy (non-hydrogen) atoms. The molecule has 1 saturated heterocycles. The van der Waals surface area contributed by atoms with Crippen molar-refractivity contribution in [3.8, 4) is 0 Å². The van der Waals surface area contributed by atoms with Gasteiger partial charge >= 0.3 is 0 Å². The maximum Gasteiger partial charge on any atom is 0.231 e. The number of likely N-dealkylation sites (tertiary alicyclic amines) is 1. The van der Waals surface area contributed by atoms with Crippen LogP contribution in [-0.4, -0.2) is 61.0 Å². The van der Waals surface area contributed by atoms with E-state index in [9.17, 15) is 4.79 Å². The van der Waals surface area contributed by atoms with Gasteiger partial charge in [-0.05, 0) is 19.3 Å². The van der Waals surface area contributed by atoms with Crippen LogP contribution >= 0.6 is 35.3 Å². The molecule has 1 aromatic heterocycles. The Bertz CT molecular complexity index is 557. The Hall–Kier alpha value is -0.940. The second-order valence-electron chi connectivity index (χ2n) is 5.98. The van der Waals surface area contributed by atoms with Gasteiger partial charge in [0.05, 0.1) is 11.6 Å². The lowest BCUT2D eigenvalue weighted by Gasteiger charge is -2.32. The van der Waals surface area contributed by atoms with E-state index in [-0.39, 0.29) is 29.9 Å². The van der Waals surface area contributed by atoms with E-state index >= 15 is 0 Å². The van der Waals surface area contributed by atoms with Gasteiger partial charge in [-0.3, -0.25) is 14.7 Å². The number of hydrogen-bond acceptors (Lipinski definition) is 5. The number of hydrogen-bond donors (Lipinski definition) is 3. The minimum absolute atomic E-state index is 0. The molecule has 0 aromatic carbocycles. The molecular formula is C16H29IN6OS. The van der Waals surface area contributed by atoms with Crippen LogP contribution in [0, 0.1) is 0 Å². The summed E-state index contributed by atoms with van der Waals surface area (Å²) >= 11 is 1.78. The van der Waals surface area contributed by atoms with Gasteiger partial charge in [-0.25, -0.2) is 4.98 Å². The zero-order chi connectivity index (χ0) is 17.4. The van der Waals surface area contributed by atoms with Crippen LogP contribution in [0.25, 0.3) is 0 Å². The zero-order valence-electron chi connectivity index (χ0n) is 15.0. The second-order valence-corrected chi connectivity index (χ2v) is 7.18. The van der Waals surface area contributed by atoms with Gasteiger partial charge in [0.15, 0.2) is 5.96 Å². The van der Waals surface area contributed by atoms with Crippen LogP contribution in [0.3, 0.4) is 0 Å². The van der Waals surface area contributed by atoms with E-state index in [4.69, 9.17) is 5.73 Å². The Labute approximate surface area is 170 Å². The molecule has 0 atom stereocenters. The maximum absolute atomic E-state index is 11.0. The minimum atomic E-state index is -0.257. The van der Waals surface area contributed by atoms with E-state index in [0.29, 0.717) is 12.6 Å². The predicted octanol–water partition coefficient (Wildman–Crippen LogP) is 0.981. The predicted molar refractivity (Wildman–Crippen MR) is 114 cm³/mol. The van der Waals surface area contributed by atoms with Crippen LogP contribution in [0.15, 0.2) is 11.2 Å².